The first kappa shape index (κ1) is 24.0. The van der Waals surface area contributed by atoms with Crippen molar-refractivity contribution < 1.29 is 13.5 Å². The van der Waals surface area contributed by atoms with Crippen LogP contribution in [-0.4, -0.2) is 31.8 Å². The third-order valence-corrected chi connectivity index (χ3v) is 7.14. The molecule has 1 unspecified atom stereocenters. The number of nitriles is 1. The number of methoxy groups -OCH3 is 1. The van der Waals surface area contributed by atoms with E-state index in [2.05, 4.69) is 10.3 Å². The van der Waals surface area contributed by atoms with Crippen LogP contribution >= 0.6 is 0 Å². The first-order valence-electron chi connectivity index (χ1n) is 11.6. The molecule has 0 bridgehead atoms. The highest BCUT2D eigenvalue weighted by molar-refractivity contribution is 6.42. The summed E-state index contributed by atoms with van der Waals surface area (Å²) >= 11 is 0. The number of alkyl halides is 2. The second-order valence-corrected chi connectivity index (χ2v) is 9.16. The molecule has 1 heterocycles. The van der Waals surface area contributed by atoms with Gasteiger partial charge in [0.2, 0.25) is 0 Å². The molecule has 0 spiro atoms. The summed E-state index contributed by atoms with van der Waals surface area (Å²) in [4.78, 5) is 9.56. The number of benzene rings is 2. The quantitative estimate of drug-likeness (QED) is 0.597. The van der Waals surface area contributed by atoms with Gasteiger partial charge in [-0.05, 0) is 80.5 Å². The Labute approximate surface area is 199 Å². The molecule has 7 heteroatoms. The molecule has 2 aromatic carbocycles. The number of aliphatic imine (C=N–C) groups is 2. The number of ether oxygens (including phenoxy) is 1. The molecule has 5 nitrogen and oxygen atoms in total. The lowest BCUT2D eigenvalue weighted by Crippen LogP contribution is -2.48. The molecular weight excluding hydrogens is 434 g/mol. The number of nitrogens with one attached hydrogen (secondary N) is 1. The SMILES string of the molecule is CN=C1NC(c2cc(-c3cc(C#N)cc(C(F)F)c3)ccc2C)(C2CCC(OC)CC2)N=C1C. The third kappa shape index (κ3) is 4.35. The van der Waals surface area contributed by atoms with Crippen LogP contribution in [0.25, 0.3) is 11.1 Å². The van der Waals surface area contributed by atoms with E-state index in [1.807, 2.05) is 38.1 Å². The van der Waals surface area contributed by atoms with Crippen LogP contribution in [0.3, 0.4) is 0 Å². The van der Waals surface area contributed by atoms with Gasteiger partial charge in [-0.1, -0.05) is 12.1 Å². The molecule has 0 amide bonds. The molecule has 0 radical (unpaired) electrons. The Hall–Kier alpha value is -3.11. The standard InChI is InChI=1S/C27H30F2N4O/c1-16-5-6-19(20-11-18(15-30)12-21(13-20)25(28)29)14-24(16)27(32-17(2)26(31-3)33-27)22-7-9-23(34-4)10-8-22/h5-6,11-14,22-23,25H,7-10H2,1-4H3,(H,31,33). The molecule has 1 aliphatic carbocycles. The maximum absolute atomic E-state index is 13.5. The van der Waals surface area contributed by atoms with Gasteiger partial charge in [-0.3, -0.25) is 9.98 Å². The third-order valence-electron chi connectivity index (χ3n) is 7.14. The lowest BCUT2D eigenvalue weighted by molar-refractivity contribution is 0.0395. The molecule has 1 fully saturated rings. The fraction of sp³-hybridized carbons (Fsp3) is 0.444. The molecule has 1 N–H and O–H groups in total. The van der Waals surface area contributed by atoms with Gasteiger partial charge in [0.25, 0.3) is 6.43 Å². The molecule has 0 saturated heterocycles. The molecule has 1 atom stereocenters. The van der Waals surface area contributed by atoms with E-state index in [-0.39, 0.29) is 23.1 Å². The zero-order chi connectivity index (χ0) is 24.5. The Bertz CT molecular complexity index is 1180. The number of rotatable bonds is 5. The first-order chi connectivity index (χ1) is 16.3. The van der Waals surface area contributed by atoms with Gasteiger partial charge in [-0.25, -0.2) is 8.78 Å². The summed E-state index contributed by atoms with van der Waals surface area (Å²) in [5.41, 5.74) is 3.67. The van der Waals surface area contributed by atoms with E-state index in [0.717, 1.165) is 53.9 Å². The van der Waals surface area contributed by atoms with Crippen LogP contribution in [-0.2, 0) is 10.4 Å². The van der Waals surface area contributed by atoms with E-state index >= 15 is 0 Å². The van der Waals surface area contributed by atoms with E-state index < -0.39 is 12.1 Å². The van der Waals surface area contributed by atoms with Crippen LogP contribution in [0.15, 0.2) is 46.4 Å². The minimum atomic E-state index is -2.65. The summed E-state index contributed by atoms with van der Waals surface area (Å²) in [6.07, 6.45) is 1.42. The fourth-order valence-corrected chi connectivity index (χ4v) is 5.31. The van der Waals surface area contributed by atoms with E-state index in [9.17, 15) is 14.0 Å². The minimum Gasteiger partial charge on any atom is -0.381 e. The summed E-state index contributed by atoms with van der Waals surface area (Å²) < 4.78 is 32.6. The molecular formula is C27H30F2N4O. The molecule has 34 heavy (non-hydrogen) atoms. The smallest absolute Gasteiger partial charge is 0.263 e. The summed E-state index contributed by atoms with van der Waals surface area (Å²) in [6, 6.07) is 12.3. The highest BCUT2D eigenvalue weighted by atomic mass is 19.3. The van der Waals surface area contributed by atoms with Crippen LogP contribution in [0.1, 0.15) is 61.3 Å². The zero-order valence-corrected chi connectivity index (χ0v) is 20.0. The fourth-order valence-electron chi connectivity index (χ4n) is 5.31. The second-order valence-electron chi connectivity index (χ2n) is 9.16. The Morgan fingerprint density at radius 3 is 2.44 bits per heavy atom. The topological polar surface area (TPSA) is 69.8 Å². The number of hydrogen-bond acceptors (Lipinski definition) is 4. The van der Waals surface area contributed by atoms with Crippen molar-refractivity contribution in [2.45, 2.75) is 57.7 Å². The van der Waals surface area contributed by atoms with Crippen LogP contribution in [0.4, 0.5) is 8.78 Å². The van der Waals surface area contributed by atoms with Crippen LogP contribution in [0.5, 0.6) is 0 Å². The number of amidine groups is 1. The van der Waals surface area contributed by atoms with Gasteiger partial charge in [-0.2, -0.15) is 5.26 Å². The number of hydrogen-bond donors (Lipinski definition) is 1. The van der Waals surface area contributed by atoms with Crippen molar-refractivity contribution >= 4 is 11.5 Å². The van der Waals surface area contributed by atoms with E-state index in [1.165, 1.54) is 12.1 Å². The van der Waals surface area contributed by atoms with Crippen molar-refractivity contribution in [2.24, 2.45) is 15.9 Å². The van der Waals surface area contributed by atoms with Gasteiger partial charge < -0.3 is 10.1 Å². The molecule has 2 aliphatic rings. The highest BCUT2D eigenvalue weighted by Crippen LogP contribution is 2.45. The van der Waals surface area contributed by atoms with Gasteiger partial charge in [0, 0.05) is 31.2 Å². The van der Waals surface area contributed by atoms with Crippen molar-refractivity contribution in [3.8, 4) is 17.2 Å². The monoisotopic (exact) mass is 464 g/mol. The summed E-state index contributed by atoms with van der Waals surface area (Å²) in [6.45, 7) is 4.01. The van der Waals surface area contributed by atoms with Crippen molar-refractivity contribution in [3.63, 3.8) is 0 Å². The van der Waals surface area contributed by atoms with E-state index in [4.69, 9.17) is 9.73 Å². The van der Waals surface area contributed by atoms with E-state index in [1.54, 1.807) is 20.2 Å². The minimum absolute atomic E-state index is 0.156. The Kier molecular flexibility index (Phi) is 6.81. The lowest BCUT2D eigenvalue weighted by atomic mass is 9.74. The lowest BCUT2D eigenvalue weighted by Gasteiger charge is -2.40. The normalized spacial score (nSPS) is 25.8. The van der Waals surface area contributed by atoms with Crippen LogP contribution in [0.2, 0.25) is 0 Å². The number of nitrogens with zero attached hydrogens (tertiary/aromatic N) is 3. The first-order valence-corrected chi connectivity index (χ1v) is 11.6. The molecule has 2 aromatic rings. The van der Waals surface area contributed by atoms with Crippen molar-refractivity contribution in [1.29, 1.82) is 5.26 Å². The van der Waals surface area contributed by atoms with E-state index in [0.29, 0.717) is 5.56 Å². The van der Waals surface area contributed by atoms with Crippen molar-refractivity contribution in [3.05, 3.63) is 58.7 Å². The van der Waals surface area contributed by atoms with Gasteiger partial charge in [0.15, 0.2) is 5.66 Å². The molecule has 1 aliphatic heterocycles. The Morgan fingerprint density at radius 2 is 1.85 bits per heavy atom. The average Bonchev–Trinajstić information content (AvgIpc) is 3.21. The summed E-state index contributed by atoms with van der Waals surface area (Å²) in [5.74, 6) is 0.995. The maximum atomic E-state index is 13.5. The van der Waals surface area contributed by atoms with Crippen molar-refractivity contribution in [1.82, 2.24) is 5.32 Å². The summed E-state index contributed by atoms with van der Waals surface area (Å²) in [7, 11) is 3.51. The number of halogens is 2. The predicted molar refractivity (Wildman–Crippen MR) is 130 cm³/mol. The van der Waals surface area contributed by atoms with Gasteiger partial charge in [0.05, 0.1) is 23.4 Å². The predicted octanol–water partition coefficient (Wildman–Crippen LogP) is 5.92. The molecule has 1 saturated carbocycles. The summed E-state index contributed by atoms with van der Waals surface area (Å²) in [5, 5.41) is 13.0. The zero-order valence-electron chi connectivity index (χ0n) is 20.0. The van der Waals surface area contributed by atoms with Gasteiger partial charge in [0.1, 0.15) is 5.84 Å². The molecule has 178 valence electrons. The Balaban J connectivity index is 1.84. The largest absolute Gasteiger partial charge is 0.381 e. The molecule has 4 rings (SSSR count). The van der Waals surface area contributed by atoms with Gasteiger partial charge >= 0.3 is 0 Å². The maximum Gasteiger partial charge on any atom is 0.263 e. The average molecular weight is 465 g/mol. The number of aryl methyl sites for hydroxylation is 1. The van der Waals surface area contributed by atoms with Crippen LogP contribution < -0.4 is 5.32 Å². The Morgan fingerprint density at radius 1 is 1.12 bits per heavy atom. The van der Waals surface area contributed by atoms with Crippen molar-refractivity contribution in [2.75, 3.05) is 14.2 Å². The highest BCUT2D eigenvalue weighted by Gasteiger charge is 2.47. The van der Waals surface area contributed by atoms with Crippen LogP contribution in [0, 0.1) is 24.2 Å². The van der Waals surface area contributed by atoms with Gasteiger partial charge in [-0.15, -0.1) is 0 Å². The molecule has 0 aromatic heterocycles. The second kappa shape index (κ2) is 9.63.